The summed E-state index contributed by atoms with van der Waals surface area (Å²) < 4.78 is 0. The molecule has 15 heavy (non-hydrogen) atoms. The molecule has 0 aromatic rings. The maximum atomic E-state index is 9.43. The maximum absolute atomic E-state index is 9.43. The van der Waals surface area contributed by atoms with Gasteiger partial charge in [-0.15, -0.1) is 0 Å². The highest BCUT2D eigenvalue weighted by atomic mass is 16.5. The minimum Gasteiger partial charge on any atom is -0.393 e. The van der Waals surface area contributed by atoms with Crippen LogP contribution in [0.15, 0.2) is 0 Å². The molecule has 1 saturated carbocycles. The fourth-order valence-electron chi connectivity index (χ4n) is 3.01. The van der Waals surface area contributed by atoms with Crippen LogP contribution in [0, 0.1) is 11.8 Å². The van der Waals surface area contributed by atoms with Gasteiger partial charge in [-0.25, -0.2) is 0 Å². The topological polar surface area (TPSA) is 43.7 Å². The van der Waals surface area contributed by atoms with E-state index in [1.165, 1.54) is 24.3 Å². The number of hydrogen-bond donors (Lipinski definition) is 2. The Morgan fingerprint density at radius 1 is 0.867 bits per heavy atom. The Bertz CT molecular complexity index is 162. The van der Waals surface area contributed by atoms with E-state index in [-0.39, 0.29) is 6.10 Å². The average Bonchev–Trinajstić information content (AvgIpc) is 2.25. The van der Waals surface area contributed by atoms with Gasteiger partial charge in [0.2, 0.25) is 0 Å². The van der Waals surface area contributed by atoms with Crippen LogP contribution >= 0.6 is 0 Å². The van der Waals surface area contributed by atoms with Crippen LogP contribution in [0.1, 0.15) is 44.9 Å². The van der Waals surface area contributed by atoms with Crippen LogP contribution in [0.2, 0.25) is 0 Å². The summed E-state index contributed by atoms with van der Waals surface area (Å²) in [5.41, 5.74) is 0. The first-order valence-corrected chi connectivity index (χ1v) is 6.36. The van der Waals surface area contributed by atoms with E-state index in [1.807, 2.05) is 0 Å². The summed E-state index contributed by atoms with van der Waals surface area (Å²) in [5.74, 6) is 1.65. The summed E-state index contributed by atoms with van der Waals surface area (Å²) >= 11 is 0. The summed E-state index contributed by atoms with van der Waals surface area (Å²) in [6.45, 7) is 1.69. The molecule has 0 amide bonds. The van der Waals surface area contributed by atoms with Gasteiger partial charge in [0.15, 0.2) is 0 Å². The lowest BCUT2D eigenvalue weighted by atomic mass is 9.79. The van der Waals surface area contributed by atoms with Crippen molar-refractivity contribution < 1.29 is 10.3 Å². The van der Waals surface area contributed by atoms with Crippen molar-refractivity contribution in [3.63, 3.8) is 0 Å². The third-order valence-electron chi connectivity index (χ3n) is 4.07. The second kappa shape index (κ2) is 5.28. The monoisotopic (exact) mass is 213 g/mol. The number of hydrogen-bond acceptors (Lipinski definition) is 3. The minimum absolute atomic E-state index is 0.0273. The molecule has 0 radical (unpaired) electrons. The first kappa shape index (κ1) is 11.4. The molecule has 1 aliphatic carbocycles. The van der Waals surface area contributed by atoms with Crippen LogP contribution in [0.25, 0.3) is 0 Å². The number of aliphatic hydroxyl groups is 1. The zero-order valence-electron chi connectivity index (χ0n) is 9.44. The van der Waals surface area contributed by atoms with Crippen LogP contribution in [-0.2, 0) is 0 Å². The Morgan fingerprint density at radius 3 is 2.00 bits per heavy atom. The van der Waals surface area contributed by atoms with Gasteiger partial charge in [0.1, 0.15) is 0 Å². The van der Waals surface area contributed by atoms with E-state index in [2.05, 4.69) is 0 Å². The van der Waals surface area contributed by atoms with Crippen LogP contribution in [0.3, 0.4) is 0 Å². The molecule has 0 aromatic heterocycles. The molecular weight excluding hydrogens is 190 g/mol. The Labute approximate surface area is 92.0 Å². The summed E-state index contributed by atoms with van der Waals surface area (Å²) in [5, 5.41) is 20.1. The van der Waals surface area contributed by atoms with Crippen molar-refractivity contribution in [1.29, 1.82) is 0 Å². The van der Waals surface area contributed by atoms with Gasteiger partial charge >= 0.3 is 0 Å². The highest BCUT2D eigenvalue weighted by Gasteiger charge is 2.24. The van der Waals surface area contributed by atoms with Crippen LogP contribution in [-0.4, -0.2) is 34.6 Å². The smallest absolute Gasteiger partial charge is 0.0540 e. The summed E-state index contributed by atoms with van der Waals surface area (Å²) in [7, 11) is 0. The third-order valence-corrected chi connectivity index (χ3v) is 4.07. The van der Waals surface area contributed by atoms with Gasteiger partial charge < -0.3 is 10.3 Å². The summed E-state index contributed by atoms with van der Waals surface area (Å²) in [4.78, 5) is 0. The first-order valence-electron chi connectivity index (χ1n) is 6.36. The van der Waals surface area contributed by atoms with E-state index >= 15 is 0 Å². The van der Waals surface area contributed by atoms with Crippen molar-refractivity contribution in [2.75, 3.05) is 13.1 Å². The van der Waals surface area contributed by atoms with Crippen molar-refractivity contribution in [1.82, 2.24) is 5.06 Å². The van der Waals surface area contributed by atoms with Crippen LogP contribution < -0.4 is 0 Å². The molecule has 0 unspecified atom stereocenters. The normalized spacial score (nSPS) is 35.6. The molecule has 2 N–H and O–H groups in total. The van der Waals surface area contributed by atoms with E-state index in [0.29, 0.717) is 0 Å². The molecule has 2 fully saturated rings. The second-order valence-electron chi connectivity index (χ2n) is 5.31. The minimum atomic E-state index is -0.0273. The Morgan fingerprint density at radius 2 is 1.40 bits per heavy atom. The highest BCUT2D eigenvalue weighted by molar-refractivity contribution is 4.76. The zero-order valence-corrected chi connectivity index (χ0v) is 9.44. The number of rotatable bonds is 2. The highest BCUT2D eigenvalue weighted by Crippen LogP contribution is 2.32. The molecule has 0 spiro atoms. The van der Waals surface area contributed by atoms with E-state index in [1.54, 1.807) is 0 Å². The SMILES string of the molecule is OC1CCC(CC2CCN(O)CC2)CC1. The molecule has 1 saturated heterocycles. The molecule has 0 atom stereocenters. The lowest BCUT2D eigenvalue weighted by Gasteiger charge is -2.32. The van der Waals surface area contributed by atoms with Gasteiger partial charge in [-0.2, -0.15) is 5.06 Å². The largest absolute Gasteiger partial charge is 0.393 e. The van der Waals surface area contributed by atoms with Crippen molar-refractivity contribution in [3.05, 3.63) is 0 Å². The molecule has 1 heterocycles. The van der Waals surface area contributed by atoms with Gasteiger partial charge in [0, 0.05) is 13.1 Å². The van der Waals surface area contributed by atoms with Gasteiger partial charge in [0.25, 0.3) is 0 Å². The lowest BCUT2D eigenvalue weighted by Crippen LogP contribution is -2.32. The quantitative estimate of drug-likeness (QED) is 0.737. The predicted molar refractivity (Wildman–Crippen MR) is 58.7 cm³/mol. The molecule has 3 nitrogen and oxygen atoms in total. The molecule has 3 heteroatoms. The maximum Gasteiger partial charge on any atom is 0.0540 e. The van der Waals surface area contributed by atoms with Crippen LogP contribution in [0.5, 0.6) is 0 Å². The predicted octanol–water partition coefficient (Wildman–Crippen LogP) is 2.03. The number of nitrogens with zero attached hydrogens (tertiary/aromatic N) is 1. The first-order chi connectivity index (χ1) is 7.24. The molecule has 88 valence electrons. The van der Waals surface area contributed by atoms with E-state index in [4.69, 9.17) is 0 Å². The molecule has 0 bridgehead atoms. The van der Waals surface area contributed by atoms with Crippen molar-refractivity contribution >= 4 is 0 Å². The number of hydroxylamine groups is 2. The summed E-state index contributed by atoms with van der Waals surface area (Å²) in [6, 6.07) is 0. The van der Waals surface area contributed by atoms with Gasteiger partial charge in [-0.3, -0.25) is 0 Å². The number of aliphatic hydroxyl groups excluding tert-OH is 1. The summed E-state index contributed by atoms with van der Waals surface area (Å²) in [6.07, 6.45) is 8.01. The number of piperidine rings is 1. The molecular formula is C12H23NO2. The fraction of sp³-hybridized carbons (Fsp3) is 1.00. The lowest BCUT2D eigenvalue weighted by molar-refractivity contribution is -0.113. The van der Waals surface area contributed by atoms with Crippen molar-refractivity contribution in [3.8, 4) is 0 Å². The van der Waals surface area contributed by atoms with Crippen molar-refractivity contribution in [2.24, 2.45) is 11.8 Å². The van der Waals surface area contributed by atoms with Gasteiger partial charge in [0.05, 0.1) is 6.10 Å². The Hall–Kier alpha value is -0.120. The molecule has 1 aliphatic heterocycles. The van der Waals surface area contributed by atoms with Gasteiger partial charge in [-0.1, -0.05) is 0 Å². The Balaban J connectivity index is 1.68. The van der Waals surface area contributed by atoms with Gasteiger partial charge in [-0.05, 0) is 56.8 Å². The average molecular weight is 213 g/mol. The van der Waals surface area contributed by atoms with E-state index < -0.39 is 0 Å². The fourth-order valence-corrected chi connectivity index (χ4v) is 3.01. The Kier molecular flexibility index (Phi) is 4.00. The van der Waals surface area contributed by atoms with Crippen LogP contribution in [0.4, 0.5) is 0 Å². The second-order valence-corrected chi connectivity index (χ2v) is 5.31. The molecule has 2 rings (SSSR count). The van der Waals surface area contributed by atoms with Crippen molar-refractivity contribution in [2.45, 2.75) is 51.0 Å². The molecule has 0 aromatic carbocycles. The third kappa shape index (κ3) is 3.44. The zero-order chi connectivity index (χ0) is 10.7. The standard InChI is InChI=1S/C12H23NO2/c14-12-3-1-10(2-4-12)9-11-5-7-13(15)8-6-11/h10-12,14-15H,1-9H2. The van der Waals surface area contributed by atoms with E-state index in [0.717, 1.165) is 50.6 Å². The molecule has 2 aliphatic rings. The van der Waals surface area contributed by atoms with E-state index in [9.17, 15) is 10.3 Å².